The van der Waals surface area contributed by atoms with E-state index in [0.29, 0.717) is 0 Å². The molecule has 0 saturated carbocycles. The molecule has 0 aromatic heterocycles. The van der Waals surface area contributed by atoms with Gasteiger partial charge in [-0.15, -0.1) is 0 Å². The van der Waals surface area contributed by atoms with Crippen molar-refractivity contribution in [3.63, 3.8) is 0 Å². The van der Waals surface area contributed by atoms with Crippen LogP contribution in [-0.4, -0.2) is 36.6 Å². The summed E-state index contributed by atoms with van der Waals surface area (Å²) in [6.45, 7) is 1.36. The fourth-order valence-corrected chi connectivity index (χ4v) is 3.12. The lowest BCUT2D eigenvalue weighted by Crippen LogP contribution is -2.45. The van der Waals surface area contributed by atoms with Gasteiger partial charge >= 0.3 is 0 Å². The molecule has 1 rings (SSSR count). The first kappa shape index (κ1) is 11.7. The van der Waals surface area contributed by atoms with Crippen LogP contribution >= 0.6 is 11.8 Å². The second-order valence-corrected chi connectivity index (χ2v) is 5.99. The normalized spacial score (nSPS) is 29.1. The van der Waals surface area contributed by atoms with Crippen molar-refractivity contribution in [1.29, 1.82) is 0 Å². The van der Waals surface area contributed by atoms with Gasteiger partial charge in [-0.3, -0.25) is 4.79 Å². The molecule has 9 heteroatoms. The van der Waals surface area contributed by atoms with Crippen molar-refractivity contribution in [3.8, 4) is 0 Å². The van der Waals surface area contributed by atoms with Gasteiger partial charge in [0.05, 0.1) is 0 Å². The Bertz CT molecular complexity index is 330. The van der Waals surface area contributed by atoms with E-state index in [1.807, 2.05) is 0 Å². The number of hydrazine groups is 1. The van der Waals surface area contributed by atoms with E-state index in [4.69, 9.17) is 5.14 Å². The monoisotopic (exact) mass is 240 g/mol. The van der Waals surface area contributed by atoms with Crippen molar-refractivity contribution in [2.45, 2.75) is 17.1 Å². The lowest BCUT2D eigenvalue weighted by atomic mass is 10.7. The van der Waals surface area contributed by atoms with Crippen molar-refractivity contribution in [2.75, 3.05) is 7.05 Å². The average Bonchev–Trinajstić information content (AvgIpc) is 2.30. The van der Waals surface area contributed by atoms with Crippen LogP contribution in [0.25, 0.3) is 0 Å². The Morgan fingerprint density at radius 3 is 2.57 bits per heavy atom. The number of nitrogens with two attached hydrogens (primary N) is 1. The zero-order valence-corrected chi connectivity index (χ0v) is 9.35. The fourth-order valence-electron chi connectivity index (χ4n) is 0.928. The summed E-state index contributed by atoms with van der Waals surface area (Å²) in [6, 6.07) is 0. The first-order valence-electron chi connectivity index (χ1n) is 3.74. The molecular weight excluding hydrogens is 228 g/mol. The molecular formula is C5H12N4O3S2. The van der Waals surface area contributed by atoms with E-state index in [-0.39, 0.29) is 5.91 Å². The molecule has 0 bridgehead atoms. The summed E-state index contributed by atoms with van der Waals surface area (Å²) < 4.78 is 21.0. The van der Waals surface area contributed by atoms with Crippen LogP contribution in [-0.2, 0) is 14.8 Å². The Balaban J connectivity index is 2.65. The third-order valence-corrected chi connectivity index (χ3v) is 4.42. The van der Waals surface area contributed by atoms with E-state index in [1.165, 1.54) is 11.9 Å². The molecule has 1 unspecified atom stereocenters. The van der Waals surface area contributed by atoms with Gasteiger partial charge in [-0.25, -0.2) is 24.0 Å². The number of primary sulfonamides is 1. The molecule has 0 radical (unpaired) electrons. The van der Waals surface area contributed by atoms with E-state index < -0.39 is 20.2 Å². The standard InChI is InChI=1S/C5H12N4O3S2/c1-3(10)7-4-9(2)8-5(13-4)14(6,11)12/h4-5,8H,1-2H3,(H,7,10)(H2,6,11,12)/t4-,5?/m0/s1. The van der Waals surface area contributed by atoms with E-state index in [0.717, 1.165) is 11.8 Å². The summed E-state index contributed by atoms with van der Waals surface area (Å²) in [6.07, 6.45) is 0. The topological polar surface area (TPSA) is 105 Å². The summed E-state index contributed by atoms with van der Waals surface area (Å²) in [5.41, 5.74) is 2.20. The van der Waals surface area contributed by atoms with Crippen LogP contribution in [0.2, 0.25) is 0 Å². The largest absolute Gasteiger partial charge is 0.331 e. The van der Waals surface area contributed by atoms with Gasteiger partial charge in [-0.2, -0.15) is 0 Å². The van der Waals surface area contributed by atoms with E-state index in [9.17, 15) is 13.2 Å². The van der Waals surface area contributed by atoms with E-state index >= 15 is 0 Å². The van der Waals surface area contributed by atoms with Gasteiger partial charge in [0.2, 0.25) is 15.9 Å². The van der Waals surface area contributed by atoms with Crippen LogP contribution in [0.3, 0.4) is 0 Å². The maximum absolute atomic E-state index is 11.0. The number of carbonyl (C=O) groups is 1. The minimum absolute atomic E-state index is 0.230. The first-order valence-corrected chi connectivity index (χ1v) is 6.29. The maximum atomic E-state index is 11.0. The highest BCUT2D eigenvalue weighted by molar-refractivity contribution is 8.13. The molecule has 0 aromatic rings. The third kappa shape index (κ3) is 2.82. The molecule has 1 saturated heterocycles. The minimum Gasteiger partial charge on any atom is -0.331 e. The second kappa shape index (κ2) is 4.03. The number of rotatable bonds is 2. The molecule has 82 valence electrons. The van der Waals surface area contributed by atoms with Crippen molar-refractivity contribution in [3.05, 3.63) is 0 Å². The first-order chi connectivity index (χ1) is 6.30. The van der Waals surface area contributed by atoms with Crippen LogP contribution in [0, 0.1) is 0 Å². The molecule has 0 aliphatic carbocycles. The quantitative estimate of drug-likeness (QED) is 0.524. The third-order valence-electron chi connectivity index (χ3n) is 1.54. The van der Waals surface area contributed by atoms with Gasteiger partial charge in [-0.1, -0.05) is 11.8 Å². The van der Waals surface area contributed by atoms with Crippen LogP contribution in [0.4, 0.5) is 0 Å². The lowest BCUT2D eigenvalue weighted by molar-refractivity contribution is -0.120. The summed E-state index contributed by atoms with van der Waals surface area (Å²) in [5.74, 6) is -0.230. The van der Waals surface area contributed by atoms with Gasteiger partial charge in [-0.05, 0) is 0 Å². The molecule has 7 nitrogen and oxygen atoms in total. The number of amides is 1. The van der Waals surface area contributed by atoms with Gasteiger partial charge in [0.1, 0.15) is 5.50 Å². The SMILES string of the molecule is CC(=O)N[C@@H]1SC(S(N)(=O)=O)NN1C. The van der Waals surface area contributed by atoms with Crippen LogP contribution < -0.4 is 15.9 Å². The number of carbonyl (C=O) groups excluding carboxylic acids is 1. The minimum atomic E-state index is -3.65. The number of nitrogens with zero attached hydrogens (tertiary/aromatic N) is 1. The average molecular weight is 240 g/mol. The molecule has 4 N–H and O–H groups in total. The molecule has 0 spiro atoms. The van der Waals surface area contributed by atoms with Crippen molar-refractivity contribution in [2.24, 2.45) is 5.14 Å². The summed E-state index contributed by atoms with van der Waals surface area (Å²) in [4.78, 5) is 10.7. The van der Waals surface area contributed by atoms with Crippen molar-refractivity contribution < 1.29 is 13.2 Å². The number of hydrogen-bond donors (Lipinski definition) is 3. The molecule has 1 amide bonds. The lowest BCUT2D eigenvalue weighted by Gasteiger charge is -2.17. The molecule has 1 heterocycles. The molecule has 2 atom stereocenters. The van der Waals surface area contributed by atoms with Crippen molar-refractivity contribution in [1.82, 2.24) is 15.8 Å². The predicted octanol–water partition coefficient (Wildman–Crippen LogP) is -1.84. The number of hydrogen-bond acceptors (Lipinski definition) is 6. The Morgan fingerprint density at radius 2 is 2.21 bits per heavy atom. The zero-order valence-electron chi connectivity index (χ0n) is 7.72. The van der Waals surface area contributed by atoms with Gasteiger partial charge in [0.25, 0.3) is 0 Å². The highest BCUT2D eigenvalue weighted by Gasteiger charge is 2.36. The zero-order chi connectivity index (χ0) is 10.9. The Labute approximate surface area is 86.4 Å². The molecule has 1 aliphatic heterocycles. The molecule has 0 aromatic carbocycles. The highest BCUT2D eigenvalue weighted by atomic mass is 32.3. The number of thioether (sulfide) groups is 1. The fraction of sp³-hybridized carbons (Fsp3) is 0.800. The second-order valence-electron chi connectivity index (χ2n) is 2.85. The Morgan fingerprint density at radius 1 is 1.64 bits per heavy atom. The van der Waals surface area contributed by atoms with Gasteiger partial charge in [0.15, 0.2) is 4.71 Å². The Kier molecular flexibility index (Phi) is 3.37. The van der Waals surface area contributed by atoms with Gasteiger partial charge in [0, 0.05) is 14.0 Å². The maximum Gasteiger partial charge on any atom is 0.236 e. The molecule has 1 aliphatic rings. The van der Waals surface area contributed by atoms with Crippen LogP contribution in [0.15, 0.2) is 0 Å². The summed E-state index contributed by atoms with van der Waals surface area (Å²) >= 11 is 1.02. The highest BCUT2D eigenvalue weighted by Crippen LogP contribution is 2.25. The van der Waals surface area contributed by atoms with E-state index in [2.05, 4.69) is 10.7 Å². The van der Waals surface area contributed by atoms with Gasteiger partial charge < -0.3 is 5.32 Å². The molecule has 14 heavy (non-hydrogen) atoms. The summed E-state index contributed by atoms with van der Waals surface area (Å²) in [5, 5.41) is 8.99. The van der Waals surface area contributed by atoms with Crippen LogP contribution in [0.1, 0.15) is 6.92 Å². The smallest absolute Gasteiger partial charge is 0.236 e. The van der Waals surface area contributed by atoms with Crippen molar-refractivity contribution >= 4 is 27.7 Å². The number of nitrogens with one attached hydrogen (secondary N) is 2. The van der Waals surface area contributed by atoms with Crippen LogP contribution in [0.5, 0.6) is 0 Å². The van der Waals surface area contributed by atoms with E-state index in [1.54, 1.807) is 7.05 Å². The summed E-state index contributed by atoms with van der Waals surface area (Å²) in [7, 11) is -2.02. The predicted molar refractivity (Wildman–Crippen MR) is 53.0 cm³/mol. The molecule has 1 fully saturated rings. The number of sulfonamides is 1. The Hall–Kier alpha value is -0.350.